The quantitative estimate of drug-likeness (QED) is 0.302. The fraction of sp³-hybridized carbons (Fsp3) is 0.300. The molecule has 10 heteroatoms. The molecule has 0 bridgehead atoms. The van der Waals surface area contributed by atoms with Crippen LogP contribution in [0.15, 0.2) is 42.5 Å². The molecule has 30 heavy (non-hydrogen) atoms. The summed E-state index contributed by atoms with van der Waals surface area (Å²) >= 11 is 23.3. The number of carbonyl (C=O) groups is 1. The number of methoxy groups -OCH3 is 1. The number of ether oxygens (including phenoxy) is 2. The summed E-state index contributed by atoms with van der Waals surface area (Å²) in [7, 11) is 1.56. The zero-order chi connectivity index (χ0) is 22.3. The van der Waals surface area contributed by atoms with Crippen molar-refractivity contribution in [2.45, 2.75) is 23.8 Å². The molecule has 2 aromatic carbocycles. The summed E-state index contributed by atoms with van der Waals surface area (Å²) in [6.07, 6.45) is -1.08. The molecule has 0 unspecified atom stereocenters. The van der Waals surface area contributed by atoms with Gasteiger partial charge in [0, 0.05) is 5.69 Å². The van der Waals surface area contributed by atoms with Crippen LogP contribution in [0.2, 0.25) is 0 Å². The normalized spacial score (nSPS) is 11.9. The molecule has 3 N–H and O–H groups in total. The maximum absolute atomic E-state index is 12.3. The Kier molecular flexibility index (Phi) is 8.85. The zero-order valence-corrected chi connectivity index (χ0v) is 19.7. The first kappa shape index (κ1) is 24.3. The van der Waals surface area contributed by atoms with E-state index in [1.54, 1.807) is 31.4 Å². The van der Waals surface area contributed by atoms with E-state index in [9.17, 15) is 4.79 Å². The molecule has 6 nitrogen and oxygen atoms in total. The first-order chi connectivity index (χ1) is 14.1. The van der Waals surface area contributed by atoms with Gasteiger partial charge in [-0.05, 0) is 73.6 Å². The SMILES string of the molecule is COc1ccc(OCC(=O)N[C@@H](NC(=S)Nc2ccc(C)c(C)c2)C(Cl)(Cl)Cl)cc1. The van der Waals surface area contributed by atoms with E-state index >= 15 is 0 Å². The van der Waals surface area contributed by atoms with Crippen molar-refractivity contribution in [1.82, 2.24) is 10.6 Å². The van der Waals surface area contributed by atoms with E-state index in [1.165, 1.54) is 0 Å². The second-order valence-electron chi connectivity index (χ2n) is 6.40. The second-order valence-corrected chi connectivity index (χ2v) is 9.18. The van der Waals surface area contributed by atoms with Gasteiger partial charge in [0.05, 0.1) is 7.11 Å². The number of amides is 1. The average Bonchev–Trinajstić information content (AvgIpc) is 2.68. The largest absolute Gasteiger partial charge is 0.497 e. The van der Waals surface area contributed by atoms with Gasteiger partial charge < -0.3 is 25.4 Å². The van der Waals surface area contributed by atoms with E-state index in [4.69, 9.17) is 56.5 Å². The van der Waals surface area contributed by atoms with Gasteiger partial charge in [0.15, 0.2) is 11.7 Å². The number of thiocarbonyl (C=S) groups is 1. The van der Waals surface area contributed by atoms with Gasteiger partial charge in [-0.3, -0.25) is 4.79 Å². The van der Waals surface area contributed by atoms with Gasteiger partial charge in [-0.25, -0.2) is 0 Å². The lowest BCUT2D eigenvalue weighted by atomic mass is 10.1. The van der Waals surface area contributed by atoms with E-state index < -0.39 is 15.9 Å². The molecule has 0 spiro atoms. The Bertz CT molecular complexity index is 889. The van der Waals surface area contributed by atoms with Gasteiger partial charge in [0.25, 0.3) is 5.91 Å². The Labute approximate surface area is 196 Å². The number of benzene rings is 2. The summed E-state index contributed by atoms with van der Waals surface area (Å²) in [5.41, 5.74) is 3.03. The van der Waals surface area contributed by atoms with Crippen molar-refractivity contribution in [3.63, 3.8) is 0 Å². The minimum Gasteiger partial charge on any atom is -0.497 e. The van der Waals surface area contributed by atoms with Crippen molar-refractivity contribution < 1.29 is 14.3 Å². The predicted molar refractivity (Wildman–Crippen MR) is 126 cm³/mol. The molecular formula is C20H22Cl3N3O3S. The molecule has 0 saturated heterocycles. The van der Waals surface area contributed by atoms with E-state index in [-0.39, 0.29) is 11.7 Å². The fourth-order valence-electron chi connectivity index (χ4n) is 2.34. The molecule has 1 atom stereocenters. The number of hydrogen-bond donors (Lipinski definition) is 3. The minimum atomic E-state index is -1.86. The summed E-state index contributed by atoms with van der Waals surface area (Å²) in [4.78, 5) is 12.3. The zero-order valence-electron chi connectivity index (χ0n) is 16.6. The van der Waals surface area contributed by atoms with Gasteiger partial charge in [0.1, 0.15) is 17.7 Å². The van der Waals surface area contributed by atoms with Crippen LogP contribution < -0.4 is 25.4 Å². The van der Waals surface area contributed by atoms with Crippen molar-refractivity contribution in [2.75, 3.05) is 19.0 Å². The number of anilines is 1. The predicted octanol–water partition coefficient (Wildman–Crippen LogP) is 4.49. The lowest BCUT2D eigenvalue weighted by molar-refractivity contribution is -0.123. The van der Waals surface area contributed by atoms with Crippen LogP contribution in [0.4, 0.5) is 5.69 Å². The van der Waals surface area contributed by atoms with Crippen molar-refractivity contribution in [2.24, 2.45) is 0 Å². The van der Waals surface area contributed by atoms with Crippen molar-refractivity contribution in [3.05, 3.63) is 53.6 Å². The van der Waals surface area contributed by atoms with E-state index in [0.29, 0.717) is 11.5 Å². The monoisotopic (exact) mass is 489 g/mol. The maximum atomic E-state index is 12.3. The lowest BCUT2D eigenvalue weighted by Crippen LogP contribution is -2.56. The standard InChI is InChI=1S/C20H22Cl3N3O3S/c1-12-4-5-14(10-13(12)2)24-19(30)26-18(20(21,22)23)25-17(27)11-29-16-8-6-15(28-3)7-9-16/h4-10,18H,11H2,1-3H3,(H,25,27)(H2,24,26,30)/t18-/m0/s1. The van der Waals surface area contributed by atoms with Crippen LogP contribution in [-0.2, 0) is 4.79 Å². The van der Waals surface area contributed by atoms with Crippen LogP contribution in [0, 0.1) is 13.8 Å². The summed E-state index contributed by atoms with van der Waals surface area (Å²) in [6.45, 7) is 3.73. The Hall–Kier alpha value is -1.93. The molecule has 162 valence electrons. The second kappa shape index (κ2) is 10.9. The van der Waals surface area contributed by atoms with Crippen molar-refractivity contribution in [1.29, 1.82) is 0 Å². The van der Waals surface area contributed by atoms with E-state index in [1.807, 2.05) is 32.0 Å². The first-order valence-corrected chi connectivity index (χ1v) is 10.4. The molecule has 2 aromatic rings. The molecule has 1 amide bonds. The smallest absolute Gasteiger partial charge is 0.259 e. The summed E-state index contributed by atoms with van der Waals surface area (Å²) in [6, 6.07) is 12.6. The Balaban J connectivity index is 1.93. The molecule has 0 heterocycles. The summed E-state index contributed by atoms with van der Waals surface area (Å²) in [5, 5.41) is 8.56. The molecular weight excluding hydrogens is 469 g/mol. The molecule has 0 aromatic heterocycles. The van der Waals surface area contributed by atoms with Gasteiger partial charge in [-0.2, -0.15) is 0 Å². The number of halogens is 3. The van der Waals surface area contributed by atoms with Gasteiger partial charge in [-0.1, -0.05) is 40.9 Å². The highest BCUT2D eigenvalue weighted by atomic mass is 35.6. The van der Waals surface area contributed by atoms with Crippen LogP contribution in [0.1, 0.15) is 11.1 Å². The molecule has 0 aliphatic heterocycles. The summed E-state index contributed by atoms with van der Waals surface area (Å²) < 4.78 is 8.65. The highest BCUT2D eigenvalue weighted by Crippen LogP contribution is 2.29. The fourth-order valence-corrected chi connectivity index (χ4v) is 2.90. The van der Waals surface area contributed by atoms with Crippen LogP contribution in [0.3, 0.4) is 0 Å². The topological polar surface area (TPSA) is 71.6 Å². The van der Waals surface area contributed by atoms with Crippen molar-refractivity contribution >= 4 is 63.7 Å². The molecule has 0 aliphatic carbocycles. The first-order valence-electron chi connectivity index (χ1n) is 8.86. The summed E-state index contributed by atoms with van der Waals surface area (Å²) in [5.74, 6) is 0.678. The third-order valence-electron chi connectivity index (χ3n) is 4.10. The van der Waals surface area contributed by atoms with E-state index in [2.05, 4.69) is 16.0 Å². The molecule has 2 rings (SSSR count). The van der Waals surface area contributed by atoms with Gasteiger partial charge >= 0.3 is 0 Å². The van der Waals surface area contributed by atoms with Crippen LogP contribution in [-0.4, -0.2) is 34.7 Å². The minimum absolute atomic E-state index is 0.186. The number of alkyl halides is 3. The average molecular weight is 491 g/mol. The van der Waals surface area contributed by atoms with Crippen LogP contribution in [0.25, 0.3) is 0 Å². The van der Waals surface area contributed by atoms with Crippen LogP contribution >= 0.6 is 47.0 Å². The maximum Gasteiger partial charge on any atom is 0.259 e. The Morgan fingerprint density at radius 1 is 1.03 bits per heavy atom. The number of rotatable bonds is 7. The highest BCUT2D eigenvalue weighted by molar-refractivity contribution is 7.80. The third-order valence-corrected chi connectivity index (χ3v) is 4.98. The lowest BCUT2D eigenvalue weighted by Gasteiger charge is -2.27. The number of nitrogens with one attached hydrogen (secondary N) is 3. The van der Waals surface area contributed by atoms with Gasteiger partial charge in [-0.15, -0.1) is 0 Å². The Morgan fingerprint density at radius 3 is 2.23 bits per heavy atom. The van der Waals surface area contributed by atoms with Crippen molar-refractivity contribution in [3.8, 4) is 11.5 Å². The molecule has 0 saturated carbocycles. The molecule has 0 aliphatic rings. The molecule has 0 fully saturated rings. The number of carbonyl (C=O) groups excluding carboxylic acids is 1. The highest BCUT2D eigenvalue weighted by Gasteiger charge is 2.34. The number of hydrogen-bond acceptors (Lipinski definition) is 4. The van der Waals surface area contributed by atoms with E-state index in [0.717, 1.165) is 16.8 Å². The third kappa shape index (κ3) is 7.72. The van der Waals surface area contributed by atoms with Crippen LogP contribution in [0.5, 0.6) is 11.5 Å². The molecule has 0 radical (unpaired) electrons. The number of aryl methyl sites for hydroxylation is 2. The Morgan fingerprint density at radius 2 is 1.67 bits per heavy atom. The van der Waals surface area contributed by atoms with Gasteiger partial charge in [0.2, 0.25) is 3.79 Å².